The van der Waals surface area contributed by atoms with Crippen LogP contribution in [0.4, 0.5) is 4.79 Å². The molecule has 0 aromatic heterocycles. The number of nitrogens with one attached hydrogen (secondary N) is 4. The number of benzene rings is 3. The van der Waals surface area contributed by atoms with Gasteiger partial charge in [0.1, 0.15) is 18.0 Å². The van der Waals surface area contributed by atoms with Crippen molar-refractivity contribution in [3.63, 3.8) is 0 Å². The Morgan fingerprint density at radius 3 is 1.60 bits per heavy atom. The molecular formula is C44H60N6O10. The van der Waals surface area contributed by atoms with Crippen molar-refractivity contribution in [2.45, 2.75) is 39.9 Å². The van der Waals surface area contributed by atoms with E-state index in [4.69, 9.17) is 23.7 Å². The van der Waals surface area contributed by atoms with Gasteiger partial charge < -0.3 is 49.9 Å². The summed E-state index contributed by atoms with van der Waals surface area (Å²) in [6.45, 7) is 11.3. The van der Waals surface area contributed by atoms with Crippen molar-refractivity contribution in [3.8, 4) is 5.75 Å². The van der Waals surface area contributed by atoms with E-state index < -0.39 is 29.4 Å². The molecule has 326 valence electrons. The molecule has 0 saturated heterocycles. The Hall–Kier alpha value is -5.55. The summed E-state index contributed by atoms with van der Waals surface area (Å²) < 4.78 is 28.1. The molecule has 0 atom stereocenters. The van der Waals surface area contributed by atoms with Crippen LogP contribution in [0.3, 0.4) is 0 Å². The van der Waals surface area contributed by atoms with Gasteiger partial charge in [-0.1, -0.05) is 42.5 Å². The highest BCUT2D eigenvalue weighted by Crippen LogP contribution is 2.26. The molecular weight excluding hydrogens is 773 g/mol. The van der Waals surface area contributed by atoms with Gasteiger partial charge in [-0.15, -0.1) is 0 Å². The molecule has 5 amide bonds. The lowest BCUT2D eigenvalue weighted by Crippen LogP contribution is -2.45. The van der Waals surface area contributed by atoms with Crippen LogP contribution in [0.15, 0.2) is 66.7 Å². The first kappa shape index (κ1) is 47.1. The van der Waals surface area contributed by atoms with Gasteiger partial charge in [-0.3, -0.25) is 24.1 Å². The quantitative estimate of drug-likeness (QED) is 0.196. The molecule has 1 heterocycles. The van der Waals surface area contributed by atoms with E-state index in [2.05, 4.69) is 26.2 Å². The molecule has 4 bridgehead atoms. The van der Waals surface area contributed by atoms with Gasteiger partial charge in [0.2, 0.25) is 0 Å². The lowest BCUT2D eigenvalue weighted by molar-refractivity contribution is 0.0196. The van der Waals surface area contributed by atoms with Crippen LogP contribution in [0.5, 0.6) is 5.75 Å². The first-order valence-corrected chi connectivity index (χ1v) is 20.2. The molecule has 3 aromatic carbocycles. The van der Waals surface area contributed by atoms with E-state index in [9.17, 15) is 24.0 Å². The summed E-state index contributed by atoms with van der Waals surface area (Å²) in [5, 5.41) is 11.6. The minimum absolute atomic E-state index is 0.0250. The van der Waals surface area contributed by atoms with Crippen molar-refractivity contribution < 1.29 is 47.7 Å². The van der Waals surface area contributed by atoms with Crippen LogP contribution >= 0.6 is 0 Å². The Morgan fingerprint density at radius 1 is 0.617 bits per heavy atom. The van der Waals surface area contributed by atoms with Crippen LogP contribution in [0.1, 0.15) is 73.3 Å². The number of carbonyl (C=O) groups is 5. The van der Waals surface area contributed by atoms with Crippen molar-refractivity contribution in [2.75, 3.05) is 99.0 Å². The molecule has 0 radical (unpaired) electrons. The van der Waals surface area contributed by atoms with Gasteiger partial charge in [0.15, 0.2) is 0 Å². The summed E-state index contributed by atoms with van der Waals surface area (Å²) >= 11 is 0. The number of carbonyl (C=O) groups excluding carboxylic acids is 5. The van der Waals surface area contributed by atoms with E-state index >= 15 is 0 Å². The van der Waals surface area contributed by atoms with Crippen LogP contribution < -0.4 is 26.0 Å². The van der Waals surface area contributed by atoms with Crippen molar-refractivity contribution >= 4 is 29.7 Å². The third-order valence-electron chi connectivity index (χ3n) is 9.32. The summed E-state index contributed by atoms with van der Waals surface area (Å²) in [6, 6.07) is 19.1. The minimum atomic E-state index is -0.793. The summed E-state index contributed by atoms with van der Waals surface area (Å²) in [5.41, 5.74) is 1.54. The second-order valence-corrected chi connectivity index (χ2v) is 15.0. The van der Waals surface area contributed by atoms with Gasteiger partial charge in [-0.25, -0.2) is 4.79 Å². The monoisotopic (exact) mass is 832 g/mol. The average Bonchev–Trinajstić information content (AvgIpc) is 3.22. The Labute approximate surface area is 352 Å². The van der Waals surface area contributed by atoms with Gasteiger partial charge in [-0.05, 0) is 63.1 Å². The second-order valence-electron chi connectivity index (χ2n) is 15.0. The Balaban J connectivity index is 1.58. The lowest BCUT2D eigenvalue weighted by atomic mass is 10.0. The maximum absolute atomic E-state index is 13.8. The van der Waals surface area contributed by atoms with Crippen molar-refractivity contribution in [1.82, 2.24) is 31.1 Å². The van der Waals surface area contributed by atoms with Crippen LogP contribution in [-0.2, 0) is 25.6 Å². The van der Waals surface area contributed by atoms with E-state index in [1.165, 1.54) is 4.90 Å². The van der Waals surface area contributed by atoms with E-state index in [0.717, 1.165) is 5.56 Å². The first-order chi connectivity index (χ1) is 28.9. The van der Waals surface area contributed by atoms with Crippen molar-refractivity contribution in [1.29, 1.82) is 0 Å². The summed E-state index contributed by atoms with van der Waals surface area (Å²) in [6.07, 6.45) is -0.623. The Kier molecular flexibility index (Phi) is 19.3. The predicted molar refractivity (Wildman–Crippen MR) is 225 cm³/mol. The van der Waals surface area contributed by atoms with Crippen LogP contribution in [-0.4, -0.2) is 144 Å². The van der Waals surface area contributed by atoms with E-state index in [-0.39, 0.29) is 68.7 Å². The largest absolute Gasteiger partial charge is 0.487 e. The Morgan fingerprint density at radius 2 is 1.08 bits per heavy atom. The third kappa shape index (κ3) is 15.6. The van der Waals surface area contributed by atoms with Crippen molar-refractivity contribution in [3.05, 3.63) is 100 Å². The molecule has 0 unspecified atom stereocenters. The van der Waals surface area contributed by atoms with Crippen LogP contribution in [0.25, 0.3) is 0 Å². The third-order valence-corrected chi connectivity index (χ3v) is 9.32. The topological polar surface area (TPSA) is 186 Å². The molecule has 4 N–H and O–H groups in total. The SMILES string of the molecule is COCCOCCOCCN1CCNC(=O)c2cccc(c2C)C(=O)NCCN(C(=O)OC(C)(C)C)CCNC(=O)c2cccc(c2OCc2ccccc2)C(=O)NCC1. The van der Waals surface area contributed by atoms with Gasteiger partial charge in [0, 0.05) is 77.1 Å². The van der Waals surface area contributed by atoms with Crippen LogP contribution in [0.2, 0.25) is 0 Å². The lowest BCUT2D eigenvalue weighted by Gasteiger charge is -2.27. The van der Waals surface area contributed by atoms with Gasteiger partial charge >= 0.3 is 6.09 Å². The number of hydrogen-bond donors (Lipinski definition) is 4. The molecule has 1 aliphatic rings. The molecule has 0 fully saturated rings. The second kappa shape index (κ2) is 24.5. The van der Waals surface area contributed by atoms with Crippen LogP contribution in [0, 0.1) is 6.92 Å². The number of amides is 5. The highest BCUT2D eigenvalue weighted by Gasteiger charge is 2.25. The molecule has 16 heteroatoms. The zero-order valence-electron chi connectivity index (χ0n) is 35.4. The minimum Gasteiger partial charge on any atom is -0.487 e. The molecule has 0 spiro atoms. The maximum Gasteiger partial charge on any atom is 0.410 e. The van der Waals surface area contributed by atoms with Gasteiger partial charge in [0.25, 0.3) is 23.6 Å². The summed E-state index contributed by atoms with van der Waals surface area (Å²) in [4.78, 5) is 71.1. The number of methoxy groups -OCH3 is 1. The smallest absolute Gasteiger partial charge is 0.410 e. The predicted octanol–water partition coefficient (Wildman–Crippen LogP) is 3.43. The Bertz CT molecular complexity index is 1870. The number of ether oxygens (including phenoxy) is 5. The van der Waals surface area contributed by atoms with Crippen molar-refractivity contribution in [2.24, 2.45) is 0 Å². The highest BCUT2D eigenvalue weighted by molar-refractivity contribution is 6.04. The number of nitrogens with zero attached hydrogens (tertiary/aromatic N) is 2. The fourth-order valence-corrected chi connectivity index (χ4v) is 6.17. The fourth-order valence-electron chi connectivity index (χ4n) is 6.17. The maximum atomic E-state index is 13.8. The average molecular weight is 833 g/mol. The molecule has 0 aliphatic carbocycles. The number of fused-ring (bicyclic) bond motifs is 4. The number of hydrogen-bond acceptors (Lipinski definition) is 11. The van der Waals surface area contributed by atoms with Gasteiger partial charge in [-0.2, -0.15) is 0 Å². The van der Waals surface area contributed by atoms with E-state index in [1.807, 2.05) is 30.3 Å². The first-order valence-electron chi connectivity index (χ1n) is 20.2. The standard InChI is InChI=1S/C44H60N6O10/c1-32-34-13-9-14-35(32)40(52)47-19-23-50(43(55)60-44(2,3)4)24-20-48-42(54)37-16-10-15-36(38(37)59-31-33-11-7-6-8-12-33)41(53)46-18-22-49(21-17-45-39(34)51)25-26-57-29-30-58-28-27-56-5/h6-16H,17-31H2,1-5H3,(H,45,51)(H,46,53)(H,47,52)(H,48,54). The zero-order chi connectivity index (χ0) is 43.3. The normalized spacial score (nSPS) is 15.5. The fraction of sp³-hybridized carbons (Fsp3) is 0.477. The van der Waals surface area contributed by atoms with E-state index in [0.29, 0.717) is 69.4 Å². The molecule has 3 aromatic rings. The van der Waals surface area contributed by atoms with Gasteiger partial charge in [0.05, 0.1) is 44.2 Å². The molecule has 4 rings (SSSR count). The summed E-state index contributed by atoms with van der Waals surface area (Å²) in [7, 11) is 1.61. The summed E-state index contributed by atoms with van der Waals surface area (Å²) in [5.74, 6) is -1.58. The number of para-hydroxylation sites is 1. The number of rotatable bonds is 12. The zero-order valence-corrected chi connectivity index (χ0v) is 35.4. The molecule has 60 heavy (non-hydrogen) atoms. The molecule has 1 aliphatic heterocycles. The molecule has 0 saturated carbocycles. The molecule has 16 nitrogen and oxygen atoms in total. The van der Waals surface area contributed by atoms with E-state index in [1.54, 1.807) is 71.2 Å². The highest BCUT2D eigenvalue weighted by atomic mass is 16.6.